The average Bonchev–Trinajstić information content (AvgIpc) is 3.06. The lowest BCUT2D eigenvalue weighted by Crippen LogP contribution is -2.43. The Kier molecular flexibility index (Phi) is 5.79. The van der Waals surface area contributed by atoms with E-state index in [0.29, 0.717) is 0 Å². The largest absolute Gasteiger partial charge is 0.313 e. The predicted molar refractivity (Wildman–Crippen MR) is 74.3 cm³/mol. The van der Waals surface area contributed by atoms with Crippen LogP contribution in [0.2, 0.25) is 0 Å². The zero-order valence-electron chi connectivity index (χ0n) is 11.6. The van der Waals surface area contributed by atoms with Crippen molar-refractivity contribution in [2.45, 2.75) is 64.3 Å². The maximum atomic E-state index is 3.76. The van der Waals surface area contributed by atoms with Crippen LogP contribution in [0.1, 0.15) is 58.3 Å². The molecule has 2 rings (SSSR count). The van der Waals surface area contributed by atoms with E-state index in [2.05, 4.69) is 17.1 Å². The second-order valence-corrected chi connectivity index (χ2v) is 6.06. The molecule has 1 aliphatic heterocycles. The first-order valence-corrected chi connectivity index (χ1v) is 7.84. The molecule has 0 amide bonds. The molecule has 1 aliphatic carbocycles. The Bertz CT molecular complexity index is 193. The smallest absolute Gasteiger partial charge is 0.0195 e. The molecule has 0 radical (unpaired) electrons. The summed E-state index contributed by atoms with van der Waals surface area (Å²) >= 11 is 0. The number of rotatable bonds is 6. The van der Waals surface area contributed by atoms with Crippen LogP contribution in [0.4, 0.5) is 0 Å². The highest BCUT2D eigenvalue weighted by Gasteiger charge is 2.25. The van der Waals surface area contributed by atoms with Crippen LogP contribution in [0.15, 0.2) is 0 Å². The van der Waals surface area contributed by atoms with E-state index in [-0.39, 0.29) is 0 Å². The molecule has 0 spiro atoms. The van der Waals surface area contributed by atoms with Gasteiger partial charge in [-0.1, -0.05) is 26.2 Å². The van der Waals surface area contributed by atoms with Crippen molar-refractivity contribution in [2.24, 2.45) is 5.92 Å². The third kappa shape index (κ3) is 5.39. The van der Waals surface area contributed by atoms with Crippen LogP contribution in [0.5, 0.6) is 0 Å². The number of hydrogen-bond acceptors (Lipinski definition) is 2. The molecule has 1 saturated carbocycles. The van der Waals surface area contributed by atoms with Crippen molar-refractivity contribution in [3.63, 3.8) is 0 Å². The second kappa shape index (κ2) is 7.38. The quantitative estimate of drug-likeness (QED) is 0.765. The molecule has 1 atom stereocenters. The van der Waals surface area contributed by atoms with Crippen molar-refractivity contribution in [1.29, 1.82) is 0 Å². The van der Waals surface area contributed by atoms with Gasteiger partial charge in [-0.25, -0.2) is 0 Å². The highest BCUT2D eigenvalue weighted by molar-refractivity contribution is 4.80. The van der Waals surface area contributed by atoms with E-state index in [9.17, 15) is 0 Å². The fourth-order valence-electron chi connectivity index (χ4n) is 2.98. The van der Waals surface area contributed by atoms with Gasteiger partial charge in [0.15, 0.2) is 0 Å². The van der Waals surface area contributed by atoms with E-state index >= 15 is 0 Å². The molecule has 0 aromatic carbocycles. The van der Waals surface area contributed by atoms with Gasteiger partial charge in [-0.3, -0.25) is 0 Å². The highest BCUT2D eigenvalue weighted by atomic mass is 15.2. The van der Waals surface area contributed by atoms with Gasteiger partial charge in [0, 0.05) is 19.1 Å². The van der Waals surface area contributed by atoms with Crippen LogP contribution in [-0.2, 0) is 0 Å². The van der Waals surface area contributed by atoms with Gasteiger partial charge in [-0.15, -0.1) is 0 Å². The Morgan fingerprint density at radius 2 is 1.82 bits per heavy atom. The SMILES string of the molecule is CCCN(CC1CC1)CC1CCCCCCN1. The summed E-state index contributed by atoms with van der Waals surface area (Å²) < 4.78 is 0. The summed E-state index contributed by atoms with van der Waals surface area (Å²) in [7, 11) is 0. The number of nitrogens with zero attached hydrogens (tertiary/aromatic N) is 1. The highest BCUT2D eigenvalue weighted by Crippen LogP contribution is 2.29. The Morgan fingerprint density at radius 1 is 1.00 bits per heavy atom. The van der Waals surface area contributed by atoms with Crippen LogP contribution in [0.25, 0.3) is 0 Å². The minimum absolute atomic E-state index is 0.764. The van der Waals surface area contributed by atoms with Crippen LogP contribution in [-0.4, -0.2) is 37.1 Å². The lowest BCUT2D eigenvalue weighted by Gasteiger charge is -2.29. The minimum atomic E-state index is 0.764. The molecule has 1 saturated heterocycles. The molecule has 1 unspecified atom stereocenters. The molecule has 2 fully saturated rings. The summed E-state index contributed by atoms with van der Waals surface area (Å²) in [6.45, 7) is 7.52. The molecule has 17 heavy (non-hydrogen) atoms. The first-order chi connectivity index (χ1) is 8.38. The third-order valence-electron chi connectivity index (χ3n) is 4.14. The molecule has 2 nitrogen and oxygen atoms in total. The Morgan fingerprint density at radius 3 is 2.59 bits per heavy atom. The maximum absolute atomic E-state index is 3.76. The van der Waals surface area contributed by atoms with Gasteiger partial charge in [0.1, 0.15) is 0 Å². The second-order valence-electron chi connectivity index (χ2n) is 6.06. The van der Waals surface area contributed by atoms with E-state index in [4.69, 9.17) is 0 Å². The van der Waals surface area contributed by atoms with Crippen molar-refractivity contribution < 1.29 is 0 Å². The Labute approximate surface area is 107 Å². The number of nitrogens with one attached hydrogen (secondary N) is 1. The molecule has 0 aromatic rings. The van der Waals surface area contributed by atoms with Crippen molar-refractivity contribution >= 4 is 0 Å². The zero-order chi connectivity index (χ0) is 11.9. The van der Waals surface area contributed by atoms with Gasteiger partial charge >= 0.3 is 0 Å². The van der Waals surface area contributed by atoms with E-state index in [1.165, 1.54) is 77.5 Å². The Balaban J connectivity index is 1.73. The van der Waals surface area contributed by atoms with Gasteiger partial charge in [0.25, 0.3) is 0 Å². The van der Waals surface area contributed by atoms with Gasteiger partial charge in [-0.05, 0) is 51.1 Å². The summed E-state index contributed by atoms with van der Waals surface area (Å²) in [6, 6.07) is 0.764. The number of hydrogen-bond donors (Lipinski definition) is 1. The zero-order valence-corrected chi connectivity index (χ0v) is 11.6. The normalized spacial score (nSPS) is 26.8. The van der Waals surface area contributed by atoms with E-state index in [1.807, 2.05) is 0 Å². The van der Waals surface area contributed by atoms with Crippen LogP contribution >= 0.6 is 0 Å². The molecular formula is C15H30N2. The van der Waals surface area contributed by atoms with Crippen molar-refractivity contribution in [2.75, 3.05) is 26.2 Å². The van der Waals surface area contributed by atoms with Gasteiger partial charge in [0.2, 0.25) is 0 Å². The molecule has 2 heteroatoms. The molecule has 2 aliphatic rings. The van der Waals surface area contributed by atoms with Crippen molar-refractivity contribution in [3.8, 4) is 0 Å². The van der Waals surface area contributed by atoms with Gasteiger partial charge in [-0.2, -0.15) is 0 Å². The standard InChI is InChI=1S/C15H30N2/c1-2-11-17(12-14-8-9-14)13-15-7-5-3-4-6-10-16-15/h14-16H,2-13H2,1H3. The molecule has 100 valence electrons. The first-order valence-electron chi connectivity index (χ1n) is 7.84. The van der Waals surface area contributed by atoms with Gasteiger partial charge in [0.05, 0.1) is 0 Å². The monoisotopic (exact) mass is 238 g/mol. The summed E-state index contributed by atoms with van der Waals surface area (Å²) in [4.78, 5) is 2.72. The molecule has 0 bridgehead atoms. The van der Waals surface area contributed by atoms with Gasteiger partial charge < -0.3 is 10.2 Å². The average molecular weight is 238 g/mol. The van der Waals surface area contributed by atoms with E-state index in [0.717, 1.165) is 12.0 Å². The lowest BCUT2D eigenvalue weighted by atomic mass is 10.0. The topological polar surface area (TPSA) is 15.3 Å². The van der Waals surface area contributed by atoms with Crippen LogP contribution in [0.3, 0.4) is 0 Å². The Hall–Kier alpha value is -0.0800. The maximum Gasteiger partial charge on any atom is 0.0195 e. The van der Waals surface area contributed by atoms with Crippen LogP contribution in [0, 0.1) is 5.92 Å². The molecule has 1 N–H and O–H groups in total. The van der Waals surface area contributed by atoms with Crippen molar-refractivity contribution in [3.05, 3.63) is 0 Å². The molecular weight excluding hydrogens is 208 g/mol. The fraction of sp³-hybridized carbons (Fsp3) is 1.00. The molecule has 0 aromatic heterocycles. The van der Waals surface area contributed by atoms with E-state index < -0.39 is 0 Å². The summed E-state index contributed by atoms with van der Waals surface area (Å²) in [5.74, 6) is 1.04. The molecule has 1 heterocycles. The fourth-order valence-corrected chi connectivity index (χ4v) is 2.98. The van der Waals surface area contributed by atoms with E-state index in [1.54, 1.807) is 0 Å². The van der Waals surface area contributed by atoms with Crippen molar-refractivity contribution in [1.82, 2.24) is 10.2 Å². The minimum Gasteiger partial charge on any atom is -0.313 e. The lowest BCUT2D eigenvalue weighted by molar-refractivity contribution is 0.222. The summed E-state index contributed by atoms with van der Waals surface area (Å²) in [5.41, 5.74) is 0. The summed E-state index contributed by atoms with van der Waals surface area (Å²) in [5, 5.41) is 3.76. The van der Waals surface area contributed by atoms with Crippen LogP contribution < -0.4 is 5.32 Å². The summed E-state index contributed by atoms with van der Waals surface area (Å²) in [6.07, 6.45) is 11.4. The first kappa shape index (κ1) is 13.4. The third-order valence-corrected chi connectivity index (χ3v) is 4.14. The predicted octanol–water partition coefficient (Wildman–Crippen LogP) is 3.03.